The Kier molecular flexibility index (Phi) is 2.19. The molecule has 3 nitrogen and oxygen atoms in total. The molecule has 0 aromatic rings. The van der Waals surface area contributed by atoms with Gasteiger partial charge < -0.3 is 15.0 Å². The molecule has 2 saturated heterocycles. The van der Waals surface area contributed by atoms with Crippen LogP contribution in [0.4, 0.5) is 0 Å². The van der Waals surface area contributed by atoms with Crippen molar-refractivity contribution in [3.05, 3.63) is 0 Å². The van der Waals surface area contributed by atoms with E-state index in [1.807, 2.05) is 0 Å². The van der Waals surface area contributed by atoms with Gasteiger partial charge in [0.25, 0.3) is 0 Å². The van der Waals surface area contributed by atoms with Crippen molar-refractivity contribution >= 4 is 17.3 Å². The van der Waals surface area contributed by atoms with Gasteiger partial charge in [0.15, 0.2) is 5.11 Å². The Balaban J connectivity index is 1.93. The standard InChI is InChI=1S/C8H14N2OS/c1-2-9-8(12)10-4-7-3-6(10)5-11-7/h6-7H,2-5H2,1H3,(H,9,12). The molecular weight excluding hydrogens is 172 g/mol. The number of ether oxygens (including phenoxy) is 1. The van der Waals surface area contributed by atoms with Crippen LogP contribution in [0.1, 0.15) is 13.3 Å². The normalized spacial score (nSPS) is 32.6. The van der Waals surface area contributed by atoms with Crippen molar-refractivity contribution < 1.29 is 4.74 Å². The quantitative estimate of drug-likeness (QED) is 0.597. The minimum atomic E-state index is 0.437. The number of hydrogen-bond donors (Lipinski definition) is 1. The third-order valence-corrected chi connectivity index (χ3v) is 2.87. The summed E-state index contributed by atoms with van der Waals surface area (Å²) in [7, 11) is 0. The third kappa shape index (κ3) is 1.29. The molecule has 2 unspecified atom stereocenters. The van der Waals surface area contributed by atoms with Crippen LogP contribution < -0.4 is 5.32 Å². The van der Waals surface area contributed by atoms with E-state index in [0.717, 1.165) is 31.2 Å². The maximum atomic E-state index is 5.48. The largest absolute Gasteiger partial charge is 0.374 e. The lowest BCUT2D eigenvalue weighted by Crippen LogP contribution is -2.46. The lowest BCUT2D eigenvalue weighted by molar-refractivity contribution is 0.0564. The Morgan fingerprint density at radius 3 is 3.08 bits per heavy atom. The predicted molar refractivity (Wildman–Crippen MR) is 51.1 cm³/mol. The lowest BCUT2D eigenvalue weighted by Gasteiger charge is -2.29. The van der Waals surface area contributed by atoms with Gasteiger partial charge in [0, 0.05) is 13.1 Å². The lowest BCUT2D eigenvalue weighted by atomic mass is 10.2. The SMILES string of the molecule is CCNC(=S)N1CC2CC1CO2. The summed E-state index contributed by atoms with van der Waals surface area (Å²) in [5.74, 6) is 0. The molecule has 0 aromatic carbocycles. The van der Waals surface area contributed by atoms with Gasteiger partial charge in [-0.05, 0) is 25.6 Å². The van der Waals surface area contributed by atoms with Crippen molar-refractivity contribution in [2.24, 2.45) is 0 Å². The average Bonchev–Trinajstić information content (AvgIpc) is 2.64. The second kappa shape index (κ2) is 3.18. The van der Waals surface area contributed by atoms with E-state index in [4.69, 9.17) is 17.0 Å². The van der Waals surface area contributed by atoms with Gasteiger partial charge in [-0.15, -0.1) is 0 Å². The highest BCUT2D eigenvalue weighted by Gasteiger charge is 2.39. The number of likely N-dealkylation sites (tertiary alicyclic amines) is 1. The van der Waals surface area contributed by atoms with Crippen LogP contribution >= 0.6 is 12.2 Å². The number of fused-ring (bicyclic) bond motifs is 2. The van der Waals surface area contributed by atoms with E-state index in [2.05, 4.69) is 17.1 Å². The second-order valence-electron chi connectivity index (χ2n) is 3.33. The van der Waals surface area contributed by atoms with Crippen LogP contribution in [0.15, 0.2) is 0 Å². The molecule has 68 valence electrons. The number of thiocarbonyl (C=S) groups is 1. The van der Waals surface area contributed by atoms with E-state index in [1.165, 1.54) is 0 Å². The van der Waals surface area contributed by atoms with E-state index in [1.54, 1.807) is 0 Å². The first-order valence-electron chi connectivity index (χ1n) is 4.47. The summed E-state index contributed by atoms with van der Waals surface area (Å²) < 4.78 is 5.48. The number of morpholine rings is 1. The molecule has 2 aliphatic heterocycles. The molecule has 2 fully saturated rings. The van der Waals surface area contributed by atoms with Crippen molar-refractivity contribution in [2.75, 3.05) is 19.7 Å². The molecule has 0 spiro atoms. The van der Waals surface area contributed by atoms with E-state index in [0.29, 0.717) is 12.1 Å². The van der Waals surface area contributed by atoms with Crippen molar-refractivity contribution in [1.29, 1.82) is 0 Å². The molecule has 0 amide bonds. The molecule has 1 N–H and O–H groups in total. The van der Waals surface area contributed by atoms with E-state index < -0.39 is 0 Å². The second-order valence-corrected chi connectivity index (χ2v) is 3.72. The van der Waals surface area contributed by atoms with Gasteiger partial charge in [0.1, 0.15) is 0 Å². The zero-order chi connectivity index (χ0) is 8.55. The number of nitrogens with one attached hydrogen (secondary N) is 1. The molecule has 2 aliphatic rings. The van der Waals surface area contributed by atoms with Crippen LogP contribution in [0, 0.1) is 0 Å². The van der Waals surface area contributed by atoms with E-state index in [9.17, 15) is 0 Å². The van der Waals surface area contributed by atoms with E-state index in [-0.39, 0.29) is 0 Å². The van der Waals surface area contributed by atoms with Crippen LogP contribution in [0.25, 0.3) is 0 Å². The summed E-state index contributed by atoms with van der Waals surface area (Å²) in [6.07, 6.45) is 1.59. The molecule has 2 rings (SSSR count). The van der Waals surface area contributed by atoms with Crippen molar-refractivity contribution in [2.45, 2.75) is 25.5 Å². The zero-order valence-corrected chi connectivity index (χ0v) is 8.06. The highest BCUT2D eigenvalue weighted by atomic mass is 32.1. The molecule has 0 radical (unpaired) electrons. The average molecular weight is 186 g/mol. The topological polar surface area (TPSA) is 24.5 Å². The minimum Gasteiger partial charge on any atom is -0.374 e. The molecule has 4 heteroatoms. The molecule has 12 heavy (non-hydrogen) atoms. The fraction of sp³-hybridized carbons (Fsp3) is 0.875. The summed E-state index contributed by atoms with van der Waals surface area (Å²) in [6, 6.07) is 0.543. The maximum absolute atomic E-state index is 5.48. The maximum Gasteiger partial charge on any atom is 0.169 e. The van der Waals surface area contributed by atoms with Crippen LogP contribution in [0.3, 0.4) is 0 Å². The highest BCUT2D eigenvalue weighted by Crippen LogP contribution is 2.27. The Morgan fingerprint density at radius 1 is 1.75 bits per heavy atom. The summed E-state index contributed by atoms with van der Waals surface area (Å²) in [4.78, 5) is 2.26. The first kappa shape index (κ1) is 8.26. The van der Waals surface area contributed by atoms with Gasteiger partial charge in [0.2, 0.25) is 0 Å². The first-order chi connectivity index (χ1) is 5.81. The molecule has 0 saturated carbocycles. The first-order valence-corrected chi connectivity index (χ1v) is 4.88. The smallest absolute Gasteiger partial charge is 0.169 e. The molecule has 0 aromatic heterocycles. The summed E-state index contributed by atoms with van der Waals surface area (Å²) >= 11 is 5.24. The van der Waals surface area contributed by atoms with Crippen molar-refractivity contribution in [3.8, 4) is 0 Å². The van der Waals surface area contributed by atoms with Gasteiger partial charge in [-0.2, -0.15) is 0 Å². The Labute approximate surface area is 78.1 Å². The summed E-state index contributed by atoms with van der Waals surface area (Å²) in [5.41, 5.74) is 0. The third-order valence-electron chi connectivity index (χ3n) is 2.49. The predicted octanol–water partition coefficient (Wildman–Crippen LogP) is 0.354. The van der Waals surface area contributed by atoms with Crippen LogP contribution in [-0.4, -0.2) is 41.9 Å². The fourth-order valence-corrected chi connectivity index (χ4v) is 2.27. The highest BCUT2D eigenvalue weighted by molar-refractivity contribution is 7.80. The Bertz CT molecular complexity index is 197. The van der Waals surface area contributed by atoms with Crippen molar-refractivity contribution in [3.63, 3.8) is 0 Å². The zero-order valence-electron chi connectivity index (χ0n) is 7.25. The summed E-state index contributed by atoms with van der Waals surface area (Å²) in [6.45, 7) is 4.82. The van der Waals surface area contributed by atoms with Crippen molar-refractivity contribution in [1.82, 2.24) is 10.2 Å². The number of rotatable bonds is 1. The van der Waals surface area contributed by atoms with Crippen LogP contribution in [0.2, 0.25) is 0 Å². The molecule has 2 atom stereocenters. The fourth-order valence-electron chi connectivity index (χ4n) is 1.90. The minimum absolute atomic E-state index is 0.437. The molecule has 0 aliphatic carbocycles. The van der Waals surface area contributed by atoms with Gasteiger partial charge in [-0.3, -0.25) is 0 Å². The summed E-state index contributed by atoms with van der Waals surface area (Å²) in [5, 5.41) is 4.07. The van der Waals surface area contributed by atoms with E-state index >= 15 is 0 Å². The van der Waals surface area contributed by atoms with Gasteiger partial charge in [-0.25, -0.2) is 0 Å². The number of hydrogen-bond acceptors (Lipinski definition) is 2. The van der Waals surface area contributed by atoms with Gasteiger partial charge >= 0.3 is 0 Å². The van der Waals surface area contributed by atoms with Gasteiger partial charge in [-0.1, -0.05) is 0 Å². The van der Waals surface area contributed by atoms with Crippen LogP contribution in [0.5, 0.6) is 0 Å². The monoisotopic (exact) mass is 186 g/mol. The molecule has 2 bridgehead atoms. The Hall–Kier alpha value is -0.350. The van der Waals surface area contributed by atoms with Gasteiger partial charge in [0.05, 0.1) is 18.8 Å². The molecular formula is C8H14N2OS. The Morgan fingerprint density at radius 2 is 2.58 bits per heavy atom. The molecule has 2 heterocycles. The van der Waals surface area contributed by atoms with Crippen LogP contribution in [-0.2, 0) is 4.74 Å². The number of nitrogens with zero attached hydrogens (tertiary/aromatic N) is 1.